The molecule has 0 radical (unpaired) electrons. The molecular weight excluding hydrogens is 218 g/mol. The van der Waals surface area contributed by atoms with Crippen LogP contribution in [0.5, 0.6) is 0 Å². The van der Waals surface area contributed by atoms with E-state index in [-0.39, 0.29) is 0 Å². The van der Waals surface area contributed by atoms with E-state index < -0.39 is 6.10 Å². The lowest BCUT2D eigenvalue weighted by atomic mass is 10.0. The highest BCUT2D eigenvalue weighted by atomic mass is 16.5. The van der Waals surface area contributed by atoms with Gasteiger partial charge in [-0.1, -0.05) is 26.7 Å². The lowest BCUT2D eigenvalue weighted by Crippen LogP contribution is -2.33. The molecule has 0 amide bonds. The van der Waals surface area contributed by atoms with Crippen LogP contribution in [0.3, 0.4) is 0 Å². The van der Waals surface area contributed by atoms with Crippen LogP contribution in [-0.2, 0) is 9.47 Å². The molecular formula is C13H29NO3. The molecule has 0 aromatic heterocycles. The molecule has 0 aliphatic carbocycles. The molecule has 0 fully saturated rings. The molecule has 0 saturated heterocycles. The summed E-state index contributed by atoms with van der Waals surface area (Å²) < 4.78 is 10.4. The van der Waals surface area contributed by atoms with Crippen molar-refractivity contribution in [3.05, 3.63) is 0 Å². The lowest BCUT2D eigenvalue weighted by Gasteiger charge is -2.16. The quantitative estimate of drug-likeness (QED) is 0.512. The van der Waals surface area contributed by atoms with Gasteiger partial charge in [-0.2, -0.15) is 0 Å². The first-order chi connectivity index (χ1) is 8.24. The summed E-state index contributed by atoms with van der Waals surface area (Å²) in [5.41, 5.74) is 0. The summed E-state index contributed by atoms with van der Waals surface area (Å²) in [6, 6.07) is 0. The molecule has 0 aliphatic heterocycles. The van der Waals surface area contributed by atoms with Gasteiger partial charge in [0.2, 0.25) is 0 Å². The summed E-state index contributed by atoms with van der Waals surface area (Å²) in [7, 11) is 0. The average molecular weight is 247 g/mol. The van der Waals surface area contributed by atoms with Crippen LogP contribution in [0.1, 0.15) is 33.6 Å². The first-order valence-electron chi connectivity index (χ1n) is 6.78. The lowest BCUT2D eigenvalue weighted by molar-refractivity contribution is 0.00629. The summed E-state index contributed by atoms with van der Waals surface area (Å²) in [4.78, 5) is 0. The van der Waals surface area contributed by atoms with Crippen LogP contribution in [0.2, 0.25) is 0 Å². The first-order valence-corrected chi connectivity index (χ1v) is 6.78. The molecule has 2 N–H and O–H groups in total. The minimum absolute atomic E-state index is 0.378. The summed E-state index contributed by atoms with van der Waals surface area (Å²) in [6.45, 7) is 10.2. The van der Waals surface area contributed by atoms with Crippen LogP contribution >= 0.6 is 0 Å². The Morgan fingerprint density at radius 2 is 1.65 bits per heavy atom. The number of rotatable bonds is 12. The molecule has 0 rings (SSSR count). The van der Waals surface area contributed by atoms with Crippen LogP contribution in [0, 0.1) is 5.92 Å². The summed E-state index contributed by atoms with van der Waals surface area (Å²) in [5.74, 6) is 0.709. The van der Waals surface area contributed by atoms with Gasteiger partial charge in [0.15, 0.2) is 0 Å². The van der Waals surface area contributed by atoms with Gasteiger partial charge in [-0.25, -0.2) is 0 Å². The van der Waals surface area contributed by atoms with Crippen LogP contribution in [0.15, 0.2) is 0 Å². The van der Waals surface area contributed by atoms with Gasteiger partial charge in [0.05, 0.1) is 25.9 Å². The SMILES string of the molecule is CCOCCOCC(O)CNCC(CC)CC. The predicted molar refractivity (Wildman–Crippen MR) is 70.3 cm³/mol. The van der Waals surface area contributed by atoms with Crippen molar-refractivity contribution in [3.8, 4) is 0 Å². The van der Waals surface area contributed by atoms with Crippen LogP contribution < -0.4 is 5.32 Å². The van der Waals surface area contributed by atoms with Crippen molar-refractivity contribution in [3.63, 3.8) is 0 Å². The fourth-order valence-corrected chi connectivity index (χ4v) is 1.57. The number of aliphatic hydroxyl groups is 1. The van der Waals surface area contributed by atoms with Gasteiger partial charge in [-0.3, -0.25) is 0 Å². The molecule has 0 aromatic rings. The normalized spacial score (nSPS) is 13.2. The molecule has 1 atom stereocenters. The van der Waals surface area contributed by atoms with E-state index in [1.165, 1.54) is 12.8 Å². The molecule has 4 nitrogen and oxygen atoms in total. The Morgan fingerprint density at radius 1 is 1.00 bits per heavy atom. The van der Waals surface area contributed by atoms with Gasteiger partial charge in [-0.05, 0) is 19.4 Å². The maximum Gasteiger partial charge on any atom is 0.0897 e. The third kappa shape index (κ3) is 10.7. The van der Waals surface area contributed by atoms with Crippen LogP contribution in [0.4, 0.5) is 0 Å². The summed E-state index contributed by atoms with van der Waals surface area (Å²) in [6.07, 6.45) is 1.94. The minimum atomic E-state index is -0.425. The van der Waals surface area contributed by atoms with E-state index in [0.29, 0.717) is 38.9 Å². The van der Waals surface area contributed by atoms with Crippen molar-refractivity contribution in [2.24, 2.45) is 5.92 Å². The van der Waals surface area contributed by atoms with E-state index in [1.54, 1.807) is 0 Å². The standard InChI is InChI=1S/C13H29NO3/c1-4-12(5-2)9-14-10-13(15)11-17-8-7-16-6-3/h12-15H,4-11H2,1-3H3. The van der Waals surface area contributed by atoms with Crippen molar-refractivity contribution in [1.29, 1.82) is 0 Å². The van der Waals surface area contributed by atoms with Crippen molar-refractivity contribution in [2.45, 2.75) is 39.7 Å². The third-order valence-electron chi connectivity index (χ3n) is 2.85. The monoisotopic (exact) mass is 247 g/mol. The number of nitrogens with one attached hydrogen (secondary N) is 1. The van der Waals surface area contributed by atoms with Gasteiger partial charge in [0, 0.05) is 13.2 Å². The van der Waals surface area contributed by atoms with E-state index in [4.69, 9.17) is 9.47 Å². The summed E-state index contributed by atoms with van der Waals surface area (Å²) >= 11 is 0. The molecule has 0 bridgehead atoms. The van der Waals surface area contributed by atoms with E-state index in [2.05, 4.69) is 19.2 Å². The molecule has 1 unspecified atom stereocenters. The number of hydrogen-bond acceptors (Lipinski definition) is 4. The Labute approximate surface area is 106 Å². The van der Waals surface area contributed by atoms with Crippen LogP contribution in [0.25, 0.3) is 0 Å². The van der Waals surface area contributed by atoms with E-state index in [0.717, 1.165) is 6.54 Å². The molecule has 0 heterocycles. The maximum atomic E-state index is 9.64. The minimum Gasteiger partial charge on any atom is -0.389 e. The van der Waals surface area contributed by atoms with Gasteiger partial charge in [0.25, 0.3) is 0 Å². The number of ether oxygens (including phenoxy) is 2. The molecule has 0 aliphatic rings. The Kier molecular flexibility index (Phi) is 12.2. The number of aliphatic hydroxyl groups excluding tert-OH is 1. The summed E-state index contributed by atoms with van der Waals surface area (Å²) in [5, 5.41) is 12.9. The number of hydrogen-bond donors (Lipinski definition) is 2. The molecule has 0 saturated carbocycles. The predicted octanol–water partition coefficient (Wildman–Crippen LogP) is 1.43. The van der Waals surface area contributed by atoms with Crippen molar-refractivity contribution >= 4 is 0 Å². The third-order valence-corrected chi connectivity index (χ3v) is 2.85. The van der Waals surface area contributed by atoms with Gasteiger partial charge < -0.3 is 19.9 Å². The molecule has 0 spiro atoms. The van der Waals surface area contributed by atoms with Crippen molar-refractivity contribution in [1.82, 2.24) is 5.32 Å². The second-order valence-electron chi connectivity index (χ2n) is 4.27. The molecule has 17 heavy (non-hydrogen) atoms. The highest BCUT2D eigenvalue weighted by molar-refractivity contribution is 4.62. The highest BCUT2D eigenvalue weighted by Crippen LogP contribution is 2.04. The van der Waals surface area contributed by atoms with E-state index in [1.807, 2.05) is 6.92 Å². The van der Waals surface area contributed by atoms with Crippen molar-refractivity contribution in [2.75, 3.05) is 39.5 Å². The molecule has 104 valence electrons. The second kappa shape index (κ2) is 12.3. The fraction of sp³-hybridized carbons (Fsp3) is 1.00. The Hall–Kier alpha value is -0.160. The van der Waals surface area contributed by atoms with E-state index >= 15 is 0 Å². The van der Waals surface area contributed by atoms with Crippen molar-refractivity contribution < 1.29 is 14.6 Å². The van der Waals surface area contributed by atoms with Gasteiger partial charge >= 0.3 is 0 Å². The zero-order valence-electron chi connectivity index (χ0n) is 11.6. The first kappa shape index (κ1) is 16.8. The maximum absolute atomic E-state index is 9.64. The van der Waals surface area contributed by atoms with Crippen LogP contribution in [-0.4, -0.2) is 50.7 Å². The Bertz CT molecular complexity index is 152. The smallest absolute Gasteiger partial charge is 0.0897 e. The zero-order chi connectivity index (χ0) is 12.9. The fourth-order valence-electron chi connectivity index (χ4n) is 1.57. The van der Waals surface area contributed by atoms with E-state index in [9.17, 15) is 5.11 Å². The molecule has 4 heteroatoms. The highest BCUT2D eigenvalue weighted by Gasteiger charge is 2.06. The Morgan fingerprint density at radius 3 is 2.24 bits per heavy atom. The second-order valence-corrected chi connectivity index (χ2v) is 4.27. The Balaban J connectivity index is 3.30. The zero-order valence-corrected chi connectivity index (χ0v) is 11.6. The topological polar surface area (TPSA) is 50.7 Å². The molecule has 0 aromatic carbocycles. The average Bonchev–Trinajstić information content (AvgIpc) is 2.34. The van der Waals surface area contributed by atoms with Gasteiger partial charge in [-0.15, -0.1) is 0 Å². The van der Waals surface area contributed by atoms with Gasteiger partial charge in [0.1, 0.15) is 0 Å². The largest absolute Gasteiger partial charge is 0.389 e.